The Morgan fingerprint density at radius 2 is 2.06 bits per heavy atom. The third kappa shape index (κ3) is 2.31. The summed E-state index contributed by atoms with van der Waals surface area (Å²) in [5.41, 5.74) is 7.77. The minimum absolute atomic E-state index is 0.111. The first kappa shape index (κ1) is 12.8. The molecule has 0 aromatic carbocycles. The van der Waals surface area contributed by atoms with Gasteiger partial charge in [0.2, 0.25) is 5.95 Å². The van der Waals surface area contributed by atoms with E-state index in [2.05, 4.69) is 29.2 Å². The summed E-state index contributed by atoms with van der Waals surface area (Å²) in [6.45, 7) is 6.87. The molecular formula is C13H21N5. The van der Waals surface area contributed by atoms with Gasteiger partial charge in [0, 0.05) is 12.7 Å². The van der Waals surface area contributed by atoms with Gasteiger partial charge >= 0.3 is 0 Å². The van der Waals surface area contributed by atoms with Crippen LogP contribution < -0.4 is 11.1 Å². The lowest BCUT2D eigenvalue weighted by molar-refractivity contribution is 0.442. The number of fused-ring (bicyclic) bond motifs is 1. The van der Waals surface area contributed by atoms with Gasteiger partial charge in [0.1, 0.15) is 0 Å². The topological polar surface area (TPSA) is 68.2 Å². The van der Waals surface area contributed by atoms with Gasteiger partial charge in [-0.15, -0.1) is 5.10 Å². The first-order valence-electron chi connectivity index (χ1n) is 6.44. The number of aryl methyl sites for hydroxylation is 1. The molecule has 0 amide bonds. The van der Waals surface area contributed by atoms with Gasteiger partial charge in [-0.2, -0.15) is 4.98 Å². The fraction of sp³-hybridized carbons (Fsp3) is 0.538. The van der Waals surface area contributed by atoms with E-state index in [1.165, 1.54) is 0 Å². The summed E-state index contributed by atoms with van der Waals surface area (Å²) >= 11 is 0. The van der Waals surface area contributed by atoms with Crippen LogP contribution in [0.1, 0.15) is 32.3 Å². The van der Waals surface area contributed by atoms with Crippen LogP contribution in [-0.2, 0) is 0 Å². The van der Waals surface area contributed by atoms with Gasteiger partial charge in [0.25, 0.3) is 0 Å². The van der Waals surface area contributed by atoms with Crippen molar-refractivity contribution in [2.75, 3.05) is 11.9 Å². The molecule has 0 aliphatic rings. The molecule has 0 spiro atoms. The number of nitrogens with two attached hydrogens (primary N) is 1. The van der Waals surface area contributed by atoms with Crippen molar-refractivity contribution < 1.29 is 0 Å². The normalized spacial score (nSPS) is 12.0. The second-order valence-corrected chi connectivity index (χ2v) is 4.76. The minimum atomic E-state index is -0.111. The average molecular weight is 247 g/mol. The zero-order valence-corrected chi connectivity index (χ0v) is 11.3. The molecule has 0 saturated heterocycles. The van der Waals surface area contributed by atoms with E-state index in [0.717, 1.165) is 24.1 Å². The Hall–Kier alpha value is -1.62. The highest BCUT2D eigenvalue weighted by molar-refractivity contribution is 5.45. The molecular weight excluding hydrogens is 226 g/mol. The first-order valence-corrected chi connectivity index (χ1v) is 6.44. The molecule has 98 valence electrons. The van der Waals surface area contributed by atoms with Gasteiger partial charge < -0.3 is 11.1 Å². The molecule has 0 saturated carbocycles. The summed E-state index contributed by atoms with van der Waals surface area (Å²) in [7, 11) is 0. The van der Waals surface area contributed by atoms with Crippen LogP contribution in [0.5, 0.6) is 0 Å². The molecule has 3 N–H and O–H groups in total. The zero-order valence-electron chi connectivity index (χ0n) is 11.3. The van der Waals surface area contributed by atoms with Gasteiger partial charge in [-0.3, -0.25) is 0 Å². The molecule has 0 unspecified atom stereocenters. The van der Waals surface area contributed by atoms with Crippen LogP contribution in [0.25, 0.3) is 5.65 Å². The molecule has 2 rings (SSSR count). The number of nitrogens with zero attached hydrogens (tertiary/aromatic N) is 3. The first-order chi connectivity index (χ1) is 8.62. The molecule has 2 aromatic rings. The summed E-state index contributed by atoms with van der Waals surface area (Å²) in [6.07, 6.45) is 3.87. The van der Waals surface area contributed by atoms with Crippen LogP contribution in [0.3, 0.4) is 0 Å². The van der Waals surface area contributed by atoms with E-state index < -0.39 is 0 Å². The number of pyridine rings is 1. The maximum Gasteiger partial charge on any atom is 0.243 e. The molecule has 5 nitrogen and oxygen atoms in total. The average Bonchev–Trinajstić information content (AvgIpc) is 2.77. The quantitative estimate of drug-likeness (QED) is 0.847. The number of aromatic nitrogens is 3. The summed E-state index contributed by atoms with van der Waals surface area (Å²) in [6, 6.07) is 4.00. The molecule has 18 heavy (non-hydrogen) atoms. The molecule has 2 heterocycles. The van der Waals surface area contributed by atoms with Crippen LogP contribution in [0.4, 0.5) is 5.95 Å². The van der Waals surface area contributed by atoms with Gasteiger partial charge in [0.05, 0.1) is 5.54 Å². The lowest BCUT2D eigenvalue weighted by Crippen LogP contribution is -2.44. The molecule has 0 radical (unpaired) electrons. The Balaban J connectivity index is 2.31. The summed E-state index contributed by atoms with van der Waals surface area (Å²) in [5.74, 6) is 0.648. The van der Waals surface area contributed by atoms with Crippen LogP contribution >= 0.6 is 0 Å². The largest absolute Gasteiger partial charge is 0.346 e. The minimum Gasteiger partial charge on any atom is -0.346 e. The fourth-order valence-electron chi connectivity index (χ4n) is 2.04. The van der Waals surface area contributed by atoms with Gasteiger partial charge in [-0.05, 0) is 31.4 Å². The molecule has 5 heteroatoms. The summed E-state index contributed by atoms with van der Waals surface area (Å²) in [4.78, 5) is 4.47. The van der Waals surface area contributed by atoms with Crippen molar-refractivity contribution in [3.63, 3.8) is 0 Å². The molecule has 0 fully saturated rings. The lowest BCUT2D eigenvalue weighted by atomic mass is 9.93. The third-order valence-electron chi connectivity index (χ3n) is 3.60. The number of nitrogens with one attached hydrogen (secondary N) is 1. The van der Waals surface area contributed by atoms with Crippen molar-refractivity contribution >= 4 is 11.6 Å². The highest BCUT2D eigenvalue weighted by atomic mass is 15.4. The second kappa shape index (κ2) is 4.94. The Morgan fingerprint density at radius 1 is 1.33 bits per heavy atom. The smallest absolute Gasteiger partial charge is 0.243 e. The lowest BCUT2D eigenvalue weighted by Gasteiger charge is -2.30. The number of rotatable bonds is 5. The maximum atomic E-state index is 5.87. The number of hydrogen-bond donors (Lipinski definition) is 2. The van der Waals surface area contributed by atoms with Gasteiger partial charge in [-0.25, -0.2) is 4.52 Å². The Morgan fingerprint density at radius 3 is 2.67 bits per heavy atom. The van der Waals surface area contributed by atoms with Crippen LogP contribution in [-0.4, -0.2) is 26.7 Å². The van der Waals surface area contributed by atoms with Crippen LogP contribution in [0.2, 0.25) is 0 Å². The molecule has 0 bridgehead atoms. The third-order valence-corrected chi connectivity index (χ3v) is 3.60. The van der Waals surface area contributed by atoms with E-state index in [9.17, 15) is 0 Å². The van der Waals surface area contributed by atoms with Crippen molar-refractivity contribution in [1.29, 1.82) is 0 Å². The van der Waals surface area contributed by atoms with Crippen molar-refractivity contribution in [2.24, 2.45) is 5.73 Å². The standard InChI is InChI=1S/C13H21N5/c1-4-13(5-2,9-14)16-12-15-11-7-6-10(3)8-18(11)17-12/h6-8H,4-5,9,14H2,1-3H3,(H,16,17). The van der Waals surface area contributed by atoms with Crippen LogP contribution in [0, 0.1) is 6.92 Å². The predicted molar refractivity (Wildman–Crippen MR) is 73.7 cm³/mol. The van der Waals surface area contributed by atoms with E-state index in [4.69, 9.17) is 5.73 Å². The Labute approximate surface area is 107 Å². The van der Waals surface area contributed by atoms with Gasteiger partial charge in [0.15, 0.2) is 5.65 Å². The van der Waals surface area contributed by atoms with Crippen LogP contribution in [0.15, 0.2) is 18.3 Å². The number of anilines is 1. The molecule has 0 atom stereocenters. The summed E-state index contributed by atoms with van der Waals surface area (Å²) < 4.78 is 1.80. The predicted octanol–water partition coefficient (Wildman–Crippen LogP) is 1.97. The van der Waals surface area contributed by atoms with Crippen molar-refractivity contribution in [3.8, 4) is 0 Å². The van der Waals surface area contributed by atoms with Gasteiger partial charge in [-0.1, -0.05) is 19.9 Å². The van der Waals surface area contributed by atoms with E-state index in [1.807, 2.05) is 25.3 Å². The maximum absolute atomic E-state index is 5.87. The van der Waals surface area contributed by atoms with E-state index in [0.29, 0.717) is 12.5 Å². The molecule has 0 aliphatic carbocycles. The fourth-order valence-corrected chi connectivity index (χ4v) is 2.04. The molecule has 2 aromatic heterocycles. The van der Waals surface area contributed by atoms with Crippen molar-refractivity contribution in [1.82, 2.24) is 14.6 Å². The Kier molecular flexibility index (Phi) is 3.52. The zero-order chi connectivity index (χ0) is 13.2. The molecule has 0 aliphatic heterocycles. The van der Waals surface area contributed by atoms with E-state index >= 15 is 0 Å². The highest BCUT2D eigenvalue weighted by Crippen LogP contribution is 2.19. The van der Waals surface area contributed by atoms with Crippen molar-refractivity contribution in [2.45, 2.75) is 39.2 Å². The monoisotopic (exact) mass is 247 g/mol. The van der Waals surface area contributed by atoms with E-state index in [-0.39, 0.29) is 5.54 Å². The number of hydrogen-bond acceptors (Lipinski definition) is 4. The Bertz CT molecular complexity index is 519. The highest BCUT2D eigenvalue weighted by Gasteiger charge is 2.25. The van der Waals surface area contributed by atoms with E-state index in [1.54, 1.807) is 4.52 Å². The second-order valence-electron chi connectivity index (χ2n) is 4.76. The summed E-state index contributed by atoms with van der Waals surface area (Å²) in [5, 5.41) is 7.82. The SMILES string of the molecule is CCC(CC)(CN)Nc1nc2ccc(C)cn2n1. The van der Waals surface area contributed by atoms with Crippen molar-refractivity contribution in [3.05, 3.63) is 23.9 Å².